The van der Waals surface area contributed by atoms with Gasteiger partial charge in [0.05, 0.1) is 0 Å². The summed E-state index contributed by atoms with van der Waals surface area (Å²) in [6.07, 6.45) is 0.935. The van der Waals surface area contributed by atoms with Crippen LogP contribution >= 0.6 is 22.9 Å². The molecule has 0 amide bonds. The summed E-state index contributed by atoms with van der Waals surface area (Å²) in [4.78, 5) is 0. The lowest BCUT2D eigenvalue weighted by atomic mass is 9.85. The van der Waals surface area contributed by atoms with Crippen LogP contribution in [-0.2, 0) is 0 Å². The van der Waals surface area contributed by atoms with Crippen molar-refractivity contribution in [2.75, 3.05) is 11.2 Å². The number of aromatic nitrogens is 2. The Labute approximate surface area is 93.9 Å². The van der Waals surface area contributed by atoms with E-state index in [-0.39, 0.29) is 5.41 Å². The predicted octanol–water partition coefficient (Wildman–Crippen LogP) is 2.99. The molecular formula is C9H16ClN3S. The first-order chi connectivity index (χ1) is 6.54. The van der Waals surface area contributed by atoms with E-state index in [0.717, 1.165) is 11.6 Å². The van der Waals surface area contributed by atoms with Gasteiger partial charge >= 0.3 is 0 Å². The molecule has 1 aromatic rings. The Morgan fingerprint density at radius 3 is 2.71 bits per heavy atom. The van der Waals surface area contributed by atoms with Crippen LogP contribution in [-0.4, -0.2) is 22.1 Å². The zero-order chi connectivity index (χ0) is 10.6. The third-order valence-electron chi connectivity index (χ3n) is 2.10. The monoisotopic (exact) mass is 233 g/mol. The molecule has 0 spiro atoms. The first-order valence-electron chi connectivity index (χ1n) is 4.62. The van der Waals surface area contributed by atoms with Gasteiger partial charge < -0.3 is 5.32 Å². The minimum absolute atomic E-state index is 0.181. The number of nitrogens with one attached hydrogen (secondary N) is 1. The van der Waals surface area contributed by atoms with Crippen LogP contribution in [0.15, 0.2) is 5.51 Å². The van der Waals surface area contributed by atoms with Gasteiger partial charge in [-0.3, -0.25) is 0 Å². The summed E-state index contributed by atoms with van der Waals surface area (Å²) < 4.78 is 0. The fourth-order valence-corrected chi connectivity index (χ4v) is 1.93. The highest BCUT2D eigenvalue weighted by Gasteiger charge is 2.24. The number of anilines is 1. The lowest BCUT2D eigenvalue weighted by molar-refractivity contribution is 0.334. The molecule has 14 heavy (non-hydrogen) atoms. The highest BCUT2D eigenvalue weighted by molar-refractivity contribution is 7.13. The van der Waals surface area contributed by atoms with Crippen LogP contribution < -0.4 is 5.32 Å². The molecule has 1 heterocycles. The number of alkyl halides is 1. The summed E-state index contributed by atoms with van der Waals surface area (Å²) in [5, 5.41) is 12.0. The molecule has 0 aliphatic carbocycles. The smallest absolute Gasteiger partial charge is 0.205 e. The second-order valence-electron chi connectivity index (χ2n) is 4.28. The number of hydrogen-bond acceptors (Lipinski definition) is 4. The third kappa shape index (κ3) is 3.42. The van der Waals surface area contributed by atoms with Crippen molar-refractivity contribution in [3.8, 4) is 0 Å². The van der Waals surface area contributed by atoms with Crippen molar-refractivity contribution < 1.29 is 0 Å². The van der Waals surface area contributed by atoms with E-state index in [4.69, 9.17) is 11.6 Å². The fraction of sp³-hybridized carbons (Fsp3) is 0.778. The maximum Gasteiger partial charge on any atom is 0.205 e. The van der Waals surface area contributed by atoms with Crippen LogP contribution in [0.4, 0.5) is 5.13 Å². The molecule has 1 atom stereocenters. The largest absolute Gasteiger partial charge is 0.357 e. The quantitative estimate of drug-likeness (QED) is 0.813. The number of halogens is 1. The highest BCUT2D eigenvalue weighted by Crippen LogP contribution is 2.26. The van der Waals surface area contributed by atoms with E-state index in [0.29, 0.717) is 11.9 Å². The van der Waals surface area contributed by atoms with Crippen molar-refractivity contribution in [3.63, 3.8) is 0 Å². The summed E-state index contributed by atoms with van der Waals surface area (Å²) in [6.45, 7) is 6.58. The van der Waals surface area contributed by atoms with E-state index in [9.17, 15) is 0 Å². The molecule has 0 saturated carbocycles. The van der Waals surface area contributed by atoms with Gasteiger partial charge in [-0.15, -0.1) is 21.8 Å². The van der Waals surface area contributed by atoms with Gasteiger partial charge in [0.1, 0.15) is 5.51 Å². The molecule has 0 saturated heterocycles. The summed E-state index contributed by atoms with van der Waals surface area (Å²) in [6, 6.07) is 0.341. The zero-order valence-electron chi connectivity index (χ0n) is 8.75. The number of hydrogen-bond donors (Lipinski definition) is 1. The minimum atomic E-state index is 0.181. The first kappa shape index (κ1) is 11.7. The summed E-state index contributed by atoms with van der Waals surface area (Å²) in [7, 11) is 0. The van der Waals surface area contributed by atoms with Crippen LogP contribution in [0.25, 0.3) is 0 Å². The first-order valence-corrected chi connectivity index (χ1v) is 6.04. The Balaban J connectivity index is 2.60. The van der Waals surface area contributed by atoms with Crippen molar-refractivity contribution in [1.82, 2.24) is 10.2 Å². The second kappa shape index (κ2) is 4.94. The van der Waals surface area contributed by atoms with Crippen LogP contribution in [0.5, 0.6) is 0 Å². The lowest BCUT2D eigenvalue weighted by Crippen LogP contribution is -2.34. The van der Waals surface area contributed by atoms with Crippen LogP contribution in [0.2, 0.25) is 0 Å². The fourth-order valence-electron chi connectivity index (χ4n) is 1.22. The maximum atomic E-state index is 5.77. The molecule has 1 N–H and O–H groups in total. The summed E-state index contributed by atoms with van der Waals surface area (Å²) in [5.41, 5.74) is 1.91. The van der Waals surface area contributed by atoms with Gasteiger partial charge in [-0.25, -0.2) is 0 Å². The van der Waals surface area contributed by atoms with E-state index in [1.807, 2.05) is 0 Å². The Kier molecular flexibility index (Phi) is 4.13. The van der Waals surface area contributed by atoms with Gasteiger partial charge in [0.25, 0.3) is 0 Å². The molecule has 3 nitrogen and oxygen atoms in total. The van der Waals surface area contributed by atoms with Gasteiger partial charge in [0, 0.05) is 11.9 Å². The molecular weight excluding hydrogens is 218 g/mol. The van der Waals surface area contributed by atoms with E-state index >= 15 is 0 Å². The second-order valence-corrected chi connectivity index (χ2v) is 5.50. The van der Waals surface area contributed by atoms with Crippen LogP contribution in [0.3, 0.4) is 0 Å². The van der Waals surface area contributed by atoms with Crippen molar-refractivity contribution in [2.45, 2.75) is 33.2 Å². The summed E-state index contributed by atoms with van der Waals surface area (Å²) in [5.74, 6) is 0.660. The lowest BCUT2D eigenvalue weighted by Gasteiger charge is -2.30. The predicted molar refractivity (Wildman–Crippen MR) is 62.1 cm³/mol. The van der Waals surface area contributed by atoms with Crippen molar-refractivity contribution in [3.05, 3.63) is 5.51 Å². The van der Waals surface area contributed by atoms with Gasteiger partial charge in [-0.05, 0) is 11.8 Å². The summed E-state index contributed by atoms with van der Waals surface area (Å²) >= 11 is 7.29. The topological polar surface area (TPSA) is 37.8 Å². The SMILES string of the molecule is CC(C)(C)C(CCCl)Nc1nncs1. The Bertz CT molecular complexity index is 256. The molecule has 0 aromatic carbocycles. The molecule has 0 fully saturated rings. The average Bonchev–Trinajstić information content (AvgIpc) is 2.54. The molecule has 80 valence electrons. The van der Waals surface area contributed by atoms with Crippen LogP contribution in [0.1, 0.15) is 27.2 Å². The van der Waals surface area contributed by atoms with Crippen LogP contribution in [0, 0.1) is 5.41 Å². The standard InChI is InChI=1S/C9H16ClN3S/c1-9(2,3)7(4-5-10)12-8-13-11-6-14-8/h6-7H,4-5H2,1-3H3,(H,12,13). The molecule has 0 aliphatic rings. The Morgan fingerprint density at radius 1 is 1.57 bits per heavy atom. The Morgan fingerprint density at radius 2 is 2.29 bits per heavy atom. The Hall–Kier alpha value is -0.350. The average molecular weight is 234 g/mol. The molecule has 5 heteroatoms. The van der Waals surface area contributed by atoms with E-state index < -0.39 is 0 Å². The highest BCUT2D eigenvalue weighted by atomic mass is 35.5. The van der Waals surface area contributed by atoms with Gasteiger partial charge in [-0.1, -0.05) is 32.1 Å². The molecule has 0 bridgehead atoms. The molecule has 1 unspecified atom stereocenters. The van der Waals surface area contributed by atoms with Gasteiger partial charge in [0.2, 0.25) is 5.13 Å². The number of nitrogens with zero attached hydrogens (tertiary/aromatic N) is 2. The molecule has 0 radical (unpaired) electrons. The molecule has 0 aliphatic heterocycles. The maximum absolute atomic E-state index is 5.77. The van der Waals surface area contributed by atoms with Crippen molar-refractivity contribution in [2.24, 2.45) is 5.41 Å². The van der Waals surface area contributed by atoms with Gasteiger partial charge in [-0.2, -0.15) is 0 Å². The third-order valence-corrected chi connectivity index (χ3v) is 2.94. The molecule has 1 rings (SSSR count). The molecule has 1 aromatic heterocycles. The van der Waals surface area contributed by atoms with E-state index in [1.54, 1.807) is 5.51 Å². The number of rotatable bonds is 4. The zero-order valence-corrected chi connectivity index (χ0v) is 10.3. The van der Waals surface area contributed by atoms with Crippen molar-refractivity contribution in [1.29, 1.82) is 0 Å². The van der Waals surface area contributed by atoms with Crippen molar-refractivity contribution >= 4 is 28.1 Å². The van der Waals surface area contributed by atoms with E-state index in [2.05, 4.69) is 36.3 Å². The van der Waals surface area contributed by atoms with Gasteiger partial charge in [0.15, 0.2) is 0 Å². The normalized spacial score (nSPS) is 14.0. The van der Waals surface area contributed by atoms with E-state index in [1.165, 1.54) is 11.3 Å². The minimum Gasteiger partial charge on any atom is -0.357 e.